The van der Waals surface area contributed by atoms with Gasteiger partial charge in [0.1, 0.15) is 0 Å². The fraction of sp³-hybridized carbons (Fsp3) is 0.267. The first kappa shape index (κ1) is 12.2. The maximum Gasteiger partial charge on any atom is 0.186 e. The SMILES string of the molecule is CSC1=C(C)CCC=C1c1cccccc1=O. The van der Waals surface area contributed by atoms with E-state index in [-0.39, 0.29) is 5.43 Å². The minimum atomic E-state index is 0.0995. The summed E-state index contributed by atoms with van der Waals surface area (Å²) in [6, 6.07) is 9.18. The zero-order valence-electron chi connectivity index (χ0n) is 10.2. The van der Waals surface area contributed by atoms with Gasteiger partial charge in [-0.3, -0.25) is 4.79 Å². The molecule has 1 nitrogen and oxygen atoms in total. The molecule has 0 fully saturated rings. The van der Waals surface area contributed by atoms with Crippen LogP contribution in [0.2, 0.25) is 0 Å². The predicted octanol–water partition coefficient (Wildman–Crippen LogP) is 3.86. The van der Waals surface area contributed by atoms with Crippen LogP contribution in [0.15, 0.2) is 51.7 Å². The molecule has 0 heterocycles. The molecule has 0 aliphatic heterocycles. The molecule has 2 rings (SSSR count). The number of hydrogen-bond acceptors (Lipinski definition) is 2. The van der Waals surface area contributed by atoms with E-state index < -0.39 is 0 Å². The molecule has 0 saturated carbocycles. The van der Waals surface area contributed by atoms with Gasteiger partial charge < -0.3 is 0 Å². The van der Waals surface area contributed by atoms with E-state index in [1.54, 1.807) is 23.9 Å². The second kappa shape index (κ2) is 5.37. The van der Waals surface area contributed by atoms with Crippen molar-refractivity contribution in [3.63, 3.8) is 0 Å². The fourth-order valence-corrected chi connectivity index (χ4v) is 3.00. The molecule has 1 aromatic carbocycles. The van der Waals surface area contributed by atoms with E-state index in [9.17, 15) is 4.79 Å². The largest absolute Gasteiger partial charge is 0.289 e. The van der Waals surface area contributed by atoms with Crippen molar-refractivity contribution in [1.82, 2.24) is 0 Å². The van der Waals surface area contributed by atoms with E-state index in [1.807, 2.05) is 18.2 Å². The molecule has 0 aromatic heterocycles. The summed E-state index contributed by atoms with van der Waals surface area (Å²) in [5.74, 6) is 0. The Morgan fingerprint density at radius 3 is 2.71 bits per heavy atom. The Morgan fingerprint density at radius 1 is 1.18 bits per heavy atom. The quantitative estimate of drug-likeness (QED) is 0.785. The molecule has 0 saturated heterocycles. The zero-order valence-corrected chi connectivity index (χ0v) is 11.0. The Bertz CT molecular complexity index is 541. The fourth-order valence-electron chi connectivity index (χ4n) is 2.14. The molecule has 88 valence electrons. The molecular formula is C15H16OS. The Morgan fingerprint density at radius 2 is 1.94 bits per heavy atom. The van der Waals surface area contributed by atoms with E-state index in [2.05, 4.69) is 19.3 Å². The van der Waals surface area contributed by atoms with Gasteiger partial charge >= 0.3 is 0 Å². The van der Waals surface area contributed by atoms with Crippen molar-refractivity contribution >= 4 is 17.3 Å². The molecule has 0 amide bonds. The highest BCUT2D eigenvalue weighted by atomic mass is 32.2. The Labute approximate surface area is 106 Å². The van der Waals surface area contributed by atoms with Crippen LogP contribution in [0.1, 0.15) is 25.3 Å². The van der Waals surface area contributed by atoms with Crippen LogP contribution in [-0.2, 0) is 0 Å². The van der Waals surface area contributed by atoms with E-state index in [1.165, 1.54) is 10.5 Å². The lowest BCUT2D eigenvalue weighted by molar-refractivity contribution is 0.961. The lowest BCUT2D eigenvalue weighted by Gasteiger charge is -2.17. The number of thioether (sulfide) groups is 1. The van der Waals surface area contributed by atoms with Gasteiger partial charge in [-0.15, -0.1) is 11.8 Å². The molecule has 17 heavy (non-hydrogen) atoms. The molecule has 0 radical (unpaired) electrons. The van der Waals surface area contributed by atoms with Crippen molar-refractivity contribution in [2.45, 2.75) is 19.8 Å². The molecule has 2 heteroatoms. The number of hydrogen-bond donors (Lipinski definition) is 0. The zero-order chi connectivity index (χ0) is 12.3. The smallest absolute Gasteiger partial charge is 0.186 e. The van der Waals surface area contributed by atoms with Crippen molar-refractivity contribution in [1.29, 1.82) is 0 Å². The van der Waals surface area contributed by atoms with Gasteiger partial charge in [0.25, 0.3) is 0 Å². The van der Waals surface area contributed by atoms with Gasteiger partial charge in [-0.25, -0.2) is 0 Å². The summed E-state index contributed by atoms with van der Waals surface area (Å²) in [5, 5.41) is 0. The van der Waals surface area contributed by atoms with Crippen molar-refractivity contribution in [2.75, 3.05) is 6.26 Å². The predicted molar refractivity (Wildman–Crippen MR) is 76.1 cm³/mol. The van der Waals surface area contributed by atoms with Crippen molar-refractivity contribution < 1.29 is 0 Å². The lowest BCUT2D eigenvalue weighted by Crippen LogP contribution is -2.06. The first-order valence-corrected chi connectivity index (χ1v) is 7.00. The molecule has 0 atom stereocenters. The van der Waals surface area contributed by atoms with Gasteiger partial charge in [-0.2, -0.15) is 0 Å². The summed E-state index contributed by atoms with van der Waals surface area (Å²) < 4.78 is 0. The minimum absolute atomic E-state index is 0.0995. The molecule has 1 aromatic rings. The minimum Gasteiger partial charge on any atom is -0.289 e. The Hall–Kier alpha value is -1.28. The van der Waals surface area contributed by atoms with Crippen LogP contribution in [0.5, 0.6) is 0 Å². The monoisotopic (exact) mass is 244 g/mol. The third-order valence-electron chi connectivity index (χ3n) is 2.99. The summed E-state index contributed by atoms with van der Waals surface area (Å²) in [5.41, 5.74) is 3.42. The van der Waals surface area contributed by atoms with Crippen molar-refractivity contribution in [3.8, 4) is 0 Å². The van der Waals surface area contributed by atoms with Crippen molar-refractivity contribution in [3.05, 3.63) is 62.7 Å². The average molecular weight is 244 g/mol. The van der Waals surface area contributed by atoms with Crippen LogP contribution in [-0.4, -0.2) is 6.26 Å². The van der Waals surface area contributed by atoms with Crippen LogP contribution in [0.4, 0.5) is 0 Å². The first-order valence-electron chi connectivity index (χ1n) is 5.78. The second-order valence-corrected chi connectivity index (χ2v) is 4.98. The van der Waals surface area contributed by atoms with Crippen LogP contribution in [0.25, 0.3) is 5.57 Å². The average Bonchev–Trinajstić information content (AvgIpc) is 2.53. The maximum absolute atomic E-state index is 12.0. The first-order chi connectivity index (χ1) is 8.24. The second-order valence-electron chi connectivity index (χ2n) is 4.16. The van der Waals surface area contributed by atoms with E-state index in [0.717, 1.165) is 24.0 Å². The Balaban J connectivity index is 2.58. The van der Waals surface area contributed by atoms with Crippen LogP contribution >= 0.6 is 11.8 Å². The summed E-state index contributed by atoms with van der Waals surface area (Å²) in [6.07, 6.45) is 6.40. The lowest BCUT2D eigenvalue weighted by atomic mass is 9.95. The molecule has 1 aliphatic rings. The van der Waals surface area contributed by atoms with Gasteiger partial charge in [-0.1, -0.05) is 35.9 Å². The highest BCUT2D eigenvalue weighted by molar-refractivity contribution is 8.03. The van der Waals surface area contributed by atoms with Gasteiger partial charge in [-0.05, 0) is 37.7 Å². The van der Waals surface area contributed by atoms with E-state index in [0.29, 0.717) is 0 Å². The van der Waals surface area contributed by atoms with E-state index >= 15 is 0 Å². The van der Waals surface area contributed by atoms with E-state index in [4.69, 9.17) is 0 Å². The normalized spacial score (nSPS) is 15.8. The summed E-state index contributed by atoms with van der Waals surface area (Å²) in [6.45, 7) is 2.16. The van der Waals surface area contributed by atoms with Gasteiger partial charge in [0.15, 0.2) is 5.43 Å². The third-order valence-corrected chi connectivity index (χ3v) is 3.97. The van der Waals surface area contributed by atoms with Gasteiger partial charge in [0, 0.05) is 10.5 Å². The molecule has 1 aliphatic carbocycles. The molecular weight excluding hydrogens is 228 g/mol. The number of allylic oxidation sites excluding steroid dienone is 3. The molecule has 0 spiro atoms. The summed E-state index contributed by atoms with van der Waals surface area (Å²) in [4.78, 5) is 13.3. The Kier molecular flexibility index (Phi) is 3.85. The van der Waals surface area contributed by atoms with Crippen LogP contribution < -0.4 is 5.43 Å². The summed E-state index contributed by atoms with van der Waals surface area (Å²) in [7, 11) is 0. The maximum atomic E-state index is 12.0. The number of rotatable bonds is 2. The van der Waals surface area contributed by atoms with Gasteiger partial charge in [0.05, 0.1) is 0 Å². The molecule has 0 bridgehead atoms. The van der Waals surface area contributed by atoms with Crippen LogP contribution in [0, 0.1) is 0 Å². The molecule has 0 N–H and O–H groups in total. The standard InChI is InChI=1S/C15H16OS/c1-11-7-6-9-13(15(11)17-2)12-8-4-3-5-10-14(12)16/h3-5,8-10H,6-7H2,1-2H3. The van der Waals surface area contributed by atoms with Crippen LogP contribution in [0.3, 0.4) is 0 Å². The summed E-state index contributed by atoms with van der Waals surface area (Å²) >= 11 is 1.73. The third kappa shape index (κ3) is 2.52. The highest BCUT2D eigenvalue weighted by Crippen LogP contribution is 2.36. The highest BCUT2D eigenvalue weighted by Gasteiger charge is 2.15. The molecule has 0 unspecified atom stereocenters. The van der Waals surface area contributed by atoms with Crippen molar-refractivity contribution in [2.24, 2.45) is 0 Å². The topological polar surface area (TPSA) is 17.1 Å². The van der Waals surface area contributed by atoms with Gasteiger partial charge in [0.2, 0.25) is 0 Å².